The molecule has 178 valence electrons. The molecule has 0 radical (unpaired) electrons. The number of hydrogen-bond acceptors (Lipinski definition) is 7. The maximum absolute atomic E-state index is 12.6. The number of amides is 2. The zero-order chi connectivity index (χ0) is 24.1. The van der Waals surface area contributed by atoms with E-state index in [2.05, 4.69) is 10.5 Å². The van der Waals surface area contributed by atoms with Crippen molar-refractivity contribution in [1.82, 2.24) is 5.16 Å². The number of carbonyl (C=O) groups excluding carboxylic acids is 2. The Balaban J connectivity index is 1.35. The molecule has 2 aromatic carbocycles. The third-order valence-electron chi connectivity index (χ3n) is 5.56. The number of aromatic nitrogens is 1. The van der Waals surface area contributed by atoms with E-state index >= 15 is 0 Å². The van der Waals surface area contributed by atoms with Crippen LogP contribution in [0.3, 0.4) is 0 Å². The van der Waals surface area contributed by atoms with Gasteiger partial charge in [0.15, 0.2) is 6.61 Å². The zero-order valence-electron chi connectivity index (χ0n) is 19.4. The molecule has 9 heteroatoms. The lowest BCUT2D eigenvalue weighted by atomic mass is 10.1. The second kappa shape index (κ2) is 10.3. The van der Waals surface area contributed by atoms with Crippen molar-refractivity contribution in [2.75, 3.05) is 30.5 Å². The minimum atomic E-state index is -0.174. The molecule has 4 rings (SSSR count). The number of fused-ring (bicyclic) bond motifs is 1. The molecule has 1 aliphatic rings. The van der Waals surface area contributed by atoms with E-state index in [1.165, 1.54) is 0 Å². The first-order valence-electron chi connectivity index (χ1n) is 11.0. The Morgan fingerprint density at radius 3 is 2.62 bits per heavy atom. The fourth-order valence-corrected chi connectivity index (χ4v) is 3.66. The van der Waals surface area contributed by atoms with Crippen LogP contribution in [0, 0.1) is 13.8 Å². The SMILES string of the molecule is COc1ccc(OCCCC(=O)Nc2ccc3c(c2)N(Cc2c(C)noc2C)C(=O)CO3)cc1. The summed E-state index contributed by atoms with van der Waals surface area (Å²) in [5, 5.41) is 6.85. The van der Waals surface area contributed by atoms with Gasteiger partial charge in [0.25, 0.3) is 5.91 Å². The van der Waals surface area contributed by atoms with Crippen molar-refractivity contribution < 1.29 is 28.3 Å². The number of rotatable bonds is 9. The summed E-state index contributed by atoms with van der Waals surface area (Å²) in [5.41, 5.74) is 2.77. The molecular formula is C25H27N3O6. The topological polar surface area (TPSA) is 103 Å². The second-order valence-electron chi connectivity index (χ2n) is 7.93. The molecule has 1 N–H and O–H groups in total. The van der Waals surface area contributed by atoms with Crippen LogP contribution < -0.4 is 24.4 Å². The number of methoxy groups -OCH3 is 1. The fourth-order valence-electron chi connectivity index (χ4n) is 3.66. The van der Waals surface area contributed by atoms with Gasteiger partial charge in [0.05, 0.1) is 31.6 Å². The number of nitrogens with one attached hydrogen (secondary N) is 1. The van der Waals surface area contributed by atoms with E-state index in [0.29, 0.717) is 48.9 Å². The molecule has 3 aromatic rings. The van der Waals surface area contributed by atoms with E-state index in [0.717, 1.165) is 22.8 Å². The summed E-state index contributed by atoms with van der Waals surface area (Å²) in [6.45, 7) is 4.34. The Bertz CT molecular complexity index is 1150. The van der Waals surface area contributed by atoms with Crippen molar-refractivity contribution in [1.29, 1.82) is 0 Å². The van der Waals surface area contributed by atoms with E-state index in [4.69, 9.17) is 18.7 Å². The average Bonchev–Trinajstić information content (AvgIpc) is 3.16. The molecule has 1 aliphatic heterocycles. The molecule has 0 saturated heterocycles. The number of carbonyl (C=O) groups is 2. The third kappa shape index (κ3) is 5.31. The molecule has 2 heterocycles. The number of ether oxygens (including phenoxy) is 3. The molecule has 0 unspecified atom stereocenters. The van der Waals surface area contributed by atoms with Gasteiger partial charge in [-0.2, -0.15) is 0 Å². The van der Waals surface area contributed by atoms with Crippen molar-refractivity contribution >= 4 is 23.2 Å². The van der Waals surface area contributed by atoms with Crippen molar-refractivity contribution in [2.24, 2.45) is 0 Å². The highest BCUT2D eigenvalue weighted by atomic mass is 16.5. The average molecular weight is 466 g/mol. The molecule has 0 aliphatic carbocycles. The lowest BCUT2D eigenvalue weighted by molar-refractivity contribution is -0.121. The molecule has 0 bridgehead atoms. The van der Waals surface area contributed by atoms with E-state index in [1.54, 1.807) is 30.2 Å². The van der Waals surface area contributed by atoms with Gasteiger partial charge in [-0.05, 0) is 62.7 Å². The summed E-state index contributed by atoms with van der Waals surface area (Å²) in [7, 11) is 1.61. The molecule has 2 amide bonds. The highest BCUT2D eigenvalue weighted by molar-refractivity contribution is 5.99. The van der Waals surface area contributed by atoms with Crippen LogP contribution in [0.25, 0.3) is 0 Å². The van der Waals surface area contributed by atoms with Gasteiger partial charge < -0.3 is 29.0 Å². The van der Waals surface area contributed by atoms with Gasteiger partial charge in [-0.1, -0.05) is 5.16 Å². The second-order valence-corrected chi connectivity index (χ2v) is 7.93. The molecule has 0 spiro atoms. The van der Waals surface area contributed by atoms with Gasteiger partial charge in [0, 0.05) is 17.7 Å². The van der Waals surface area contributed by atoms with Crippen LogP contribution in [0.1, 0.15) is 29.9 Å². The Hall–Kier alpha value is -4.01. The fraction of sp³-hybridized carbons (Fsp3) is 0.320. The van der Waals surface area contributed by atoms with Crippen LogP contribution in [0.4, 0.5) is 11.4 Å². The minimum absolute atomic E-state index is 0.0454. The number of benzene rings is 2. The Labute approximate surface area is 197 Å². The Morgan fingerprint density at radius 1 is 1.15 bits per heavy atom. The largest absolute Gasteiger partial charge is 0.497 e. The van der Waals surface area contributed by atoms with Crippen LogP contribution in [-0.4, -0.2) is 37.3 Å². The summed E-state index contributed by atoms with van der Waals surface area (Å²) in [5.74, 6) is 2.41. The van der Waals surface area contributed by atoms with Crippen molar-refractivity contribution in [3.63, 3.8) is 0 Å². The van der Waals surface area contributed by atoms with Crippen LogP contribution >= 0.6 is 0 Å². The summed E-state index contributed by atoms with van der Waals surface area (Å²) in [6.07, 6.45) is 0.855. The molecule has 1 aromatic heterocycles. The highest BCUT2D eigenvalue weighted by Gasteiger charge is 2.28. The van der Waals surface area contributed by atoms with Gasteiger partial charge in [-0.15, -0.1) is 0 Å². The van der Waals surface area contributed by atoms with Crippen molar-refractivity contribution in [3.8, 4) is 17.2 Å². The Kier molecular flexibility index (Phi) is 7.01. The van der Waals surface area contributed by atoms with Gasteiger partial charge in [0.1, 0.15) is 23.0 Å². The van der Waals surface area contributed by atoms with E-state index in [1.807, 2.05) is 38.1 Å². The van der Waals surface area contributed by atoms with Crippen molar-refractivity contribution in [3.05, 3.63) is 59.5 Å². The van der Waals surface area contributed by atoms with Crippen LogP contribution in [-0.2, 0) is 16.1 Å². The minimum Gasteiger partial charge on any atom is -0.497 e. The third-order valence-corrected chi connectivity index (χ3v) is 5.56. The quantitative estimate of drug-likeness (QED) is 0.476. The summed E-state index contributed by atoms with van der Waals surface area (Å²) < 4.78 is 21.6. The maximum Gasteiger partial charge on any atom is 0.265 e. The molecule has 0 atom stereocenters. The molecule has 0 fully saturated rings. The van der Waals surface area contributed by atoms with Crippen LogP contribution in [0.5, 0.6) is 17.2 Å². The highest BCUT2D eigenvalue weighted by Crippen LogP contribution is 2.36. The first-order valence-corrected chi connectivity index (χ1v) is 11.0. The standard InChI is InChI=1S/C25H27N3O6/c1-16-21(17(2)34-27-16)14-28-22-13-18(6-11-23(22)33-15-25(28)30)26-24(29)5-4-12-32-20-9-7-19(31-3)8-10-20/h6-11,13H,4-5,12,14-15H2,1-3H3,(H,26,29). The van der Waals surface area contributed by atoms with E-state index in [-0.39, 0.29) is 18.4 Å². The number of anilines is 2. The van der Waals surface area contributed by atoms with Crippen molar-refractivity contribution in [2.45, 2.75) is 33.2 Å². The summed E-state index contributed by atoms with van der Waals surface area (Å²) >= 11 is 0. The predicted octanol–water partition coefficient (Wildman–Crippen LogP) is 4.02. The molecule has 0 saturated carbocycles. The maximum atomic E-state index is 12.6. The Morgan fingerprint density at radius 2 is 1.91 bits per heavy atom. The monoisotopic (exact) mass is 465 g/mol. The molecule has 9 nitrogen and oxygen atoms in total. The van der Waals surface area contributed by atoms with Crippen LogP contribution in [0.2, 0.25) is 0 Å². The van der Waals surface area contributed by atoms with Gasteiger partial charge >= 0.3 is 0 Å². The van der Waals surface area contributed by atoms with Crippen LogP contribution in [0.15, 0.2) is 47.0 Å². The van der Waals surface area contributed by atoms with Gasteiger partial charge in [-0.25, -0.2) is 0 Å². The van der Waals surface area contributed by atoms with Gasteiger partial charge in [0.2, 0.25) is 5.91 Å². The lowest BCUT2D eigenvalue weighted by Gasteiger charge is -2.29. The number of nitrogens with zero attached hydrogens (tertiary/aromatic N) is 2. The van der Waals surface area contributed by atoms with E-state index in [9.17, 15) is 9.59 Å². The number of hydrogen-bond donors (Lipinski definition) is 1. The predicted molar refractivity (Wildman–Crippen MR) is 125 cm³/mol. The lowest BCUT2D eigenvalue weighted by Crippen LogP contribution is -2.38. The normalized spacial score (nSPS) is 12.7. The summed E-state index contributed by atoms with van der Waals surface area (Å²) in [4.78, 5) is 26.7. The van der Waals surface area contributed by atoms with Gasteiger partial charge in [-0.3, -0.25) is 9.59 Å². The molecule has 34 heavy (non-hydrogen) atoms. The first-order chi connectivity index (χ1) is 16.4. The summed E-state index contributed by atoms with van der Waals surface area (Å²) in [6, 6.07) is 12.5. The van der Waals surface area contributed by atoms with E-state index < -0.39 is 0 Å². The zero-order valence-corrected chi connectivity index (χ0v) is 19.4. The molecular weight excluding hydrogens is 438 g/mol. The first kappa shape index (κ1) is 23.2. The number of aryl methyl sites for hydroxylation is 2. The smallest absolute Gasteiger partial charge is 0.265 e.